The van der Waals surface area contributed by atoms with Gasteiger partial charge in [0.05, 0.1) is 18.6 Å². The third kappa shape index (κ3) is 6.31. The van der Waals surface area contributed by atoms with Crippen molar-refractivity contribution in [1.82, 2.24) is 15.0 Å². The van der Waals surface area contributed by atoms with Crippen LogP contribution in [0.1, 0.15) is 39.4 Å². The molecule has 1 rings (SSSR count). The third-order valence-corrected chi connectivity index (χ3v) is 2.41. The zero-order valence-electron chi connectivity index (χ0n) is 12.4. The predicted molar refractivity (Wildman–Crippen MR) is 78.1 cm³/mol. The van der Waals surface area contributed by atoms with E-state index in [-0.39, 0.29) is 24.9 Å². The minimum Gasteiger partial charge on any atom is -0.369 e. The first-order valence-corrected chi connectivity index (χ1v) is 6.31. The van der Waals surface area contributed by atoms with Gasteiger partial charge < -0.3 is 16.0 Å². The fourth-order valence-electron chi connectivity index (χ4n) is 1.69. The van der Waals surface area contributed by atoms with Crippen LogP contribution in [-0.4, -0.2) is 34.0 Å². The molecule has 8 heteroatoms. The number of aromatic nitrogens is 2. The highest BCUT2D eigenvalue weighted by Crippen LogP contribution is 2.14. The van der Waals surface area contributed by atoms with Crippen LogP contribution in [0, 0.1) is 5.92 Å². The van der Waals surface area contributed by atoms with Crippen molar-refractivity contribution in [3.63, 3.8) is 0 Å². The number of primary amides is 1. The molecule has 0 aliphatic carbocycles. The van der Waals surface area contributed by atoms with Crippen molar-refractivity contribution >= 4 is 18.3 Å². The van der Waals surface area contributed by atoms with Crippen molar-refractivity contribution in [2.75, 3.05) is 13.1 Å². The number of hydrogen-bond acceptors (Lipinski definition) is 6. The zero-order valence-corrected chi connectivity index (χ0v) is 13.2. The van der Waals surface area contributed by atoms with Crippen molar-refractivity contribution in [2.24, 2.45) is 17.4 Å². The molecule has 7 nitrogen and oxygen atoms in total. The number of rotatable bonds is 7. The highest BCUT2D eigenvalue weighted by molar-refractivity contribution is 5.85. The van der Waals surface area contributed by atoms with Crippen molar-refractivity contribution < 1.29 is 9.32 Å². The summed E-state index contributed by atoms with van der Waals surface area (Å²) in [7, 11) is 0. The van der Waals surface area contributed by atoms with E-state index in [9.17, 15) is 4.79 Å². The molecule has 1 heterocycles. The molecule has 1 aromatic rings. The molecule has 0 bridgehead atoms. The Morgan fingerprint density at radius 3 is 2.45 bits per heavy atom. The average Bonchev–Trinajstić information content (AvgIpc) is 2.62. The van der Waals surface area contributed by atoms with Gasteiger partial charge in [-0.2, -0.15) is 4.98 Å². The lowest BCUT2D eigenvalue weighted by Crippen LogP contribution is -2.36. The van der Waals surface area contributed by atoms with Crippen molar-refractivity contribution in [3.05, 3.63) is 11.7 Å². The van der Waals surface area contributed by atoms with Crippen LogP contribution in [0.15, 0.2) is 4.52 Å². The largest absolute Gasteiger partial charge is 0.369 e. The van der Waals surface area contributed by atoms with Gasteiger partial charge >= 0.3 is 0 Å². The minimum absolute atomic E-state index is 0. The fourth-order valence-corrected chi connectivity index (χ4v) is 1.69. The van der Waals surface area contributed by atoms with E-state index in [0.29, 0.717) is 24.2 Å². The van der Waals surface area contributed by atoms with Crippen LogP contribution in [0.5, 0.6) is 0 Å². The maximum atomic E-state index is 11.0. The van der Waals surface area contributed by atoms with Crippen LogP contribution in [0.2, 0.25) is 0 Å². The van der Waals surface area contributed by atoms with Crippen LogP contribution >= 0.6 is 12.4 Å². The van der Waals surface area contributed by atoms with Crippen LogP contribution in [-0.2, 0) is 16.9 Å². The minimum atomic E-state index is -0.645. The van der Waals surface area contributed by atoms with Gasteiger partial charge in [0.2, 0.25) is 11.8 Å². The molecule has 0 aliphatic rings. The van der Waals surface area contributed by atoms with Crippen LogP contribution in [0.4, 0.5) is 0 Å². The van der Waals surface area contributed by atoms with Gasteiger partial charge in [-0.05, 0) is 19.8 Å². The van der Waals surface area contributed by atoms with Gasteiger partial charge in [0.1, 0.15) is 0 Å². The van der Waals surface area contributed by atoms with Crippen molar-refractivity contribution in [2.45, 2.75) is 39.8 Å². The number of carbonyl (C=O) groups excluding carboxylic acids is 1. The summed E-state index contributed by atoms with van der Waals surface area (Å²) in [5.41, 5.74) is 10.5. The van der Waals surface area contributed by atoms with E-state index in [4.69, 9.17) is 16.0 Å². The summed E-state index contributed by atoms with van der Waals surface area (Å²) in [5.74, 6) is 0.925. The van der Waals surface area contributed by atoms with E-state index in [1.54, 1.807) is 13.8 Å². The van der Waals surface area contributed by atoms with Gasteiger partial charge in [0, 0.05) is 6.54 Å². The number of hydrogen-bond donors (Lipinski definition) is 2. The molecule has 0 saturated heterocycles. The van der Waals surface area contributed by atoms with Crippen molar-refractivity contribution in [1.29, 1.82) is 0 Å². The third-order valence-electron chi connectivity index (χ3n) is 2.41. The fraction of sp³-hybridized carbons (Fsp3) is 0.750. The summed E-state index contributed by atoms with van der Waals surface area (Å²) >= 11 is 0. The molecule has 1 amide bonds. The molecule has 0 radical (unpaired) electrons. The Morgan fingerprint density at radius 1 is 1.45 bits per heavy atom. The second kappa shape index (κ2) is 7.56. The molecule has 0 aliphatic heterocycles. The Morgan fingerprint density at radius 2 is 2.05 bits per heavy atom. The Kier molecular flexibility index (Phi) is 7.12. The lowest BCUT2D eigenvalue weighted by Gasteiger charge is -2.20. The normalized spacial score (nSPS) is 11.8. The smallest absolute Gasteiger partial charge is 0.240 e. The Bertz CT molecular complexity index is 428. The lowest BCUT2D eigenvalue weighted by atomic mass is 10.1. The van der Waals surface area contributed by atoms with Gasteiger partial charge in [-0.15, -0.1) is 12.4 Å². The number of halogens is 1. The van der Waals surface area contributed by atoms with E-state index in [1.165, 1.54) is 0 Å². The van der Waals surface area contributed by atoms with Crippen LogP contribution in [0.25, 0.3) is 0 Å². The molecule has 116 valence electrons. The van der Waals surface area contributed by atoms with Gasteiger partial charge in [-0.25, -0.2) is 0 Å². The van der Waals surface area contributed by atoms with E-state index in [2.05, 4.69) is 24.0 Å². The van der Waals surface area contributed by atoms with E-state index >= 15 is 0 Å². The first kappa shape index (κ1) is 18.8. The summed E-state index contributed by atoms with van der Waals surface area (Å²) in [4.78, 5) is 17.2. The standard InChI is InChI=1S/C12H23N5O2.ClH/c1-8(2)5-17(6-9(13)18)7-10-15-11(16-19-10)12(3,4)14;/h8H,5-7,14H2,1-4H3,(H2,13,18);1H. The van der Waals surface area contributed by atoms with Gasteiger partial charge in [-0.1, -0.05) is 19.0 Å². The second-order valence-corrected chi connectivity index (χ2v) is 5.76. The van der Waals surface area contributed by atoms with Gasteiger partial charge in [-0.3, -0.25) is 9.69 Å². The molecule has 0 atom stereocenters. The van der Waals surface area contributed by atoms with Gasteiger partial charge in [0.25, 0.3) is 0 Å². The molecule has 0 saturated carbocycles. The molecule has 0 aromatic carbocycles. The summed E-state index contributed by atoms with van der Waals surface area (Å²) in [5, 5.41) is 3.84. The molecular weight excluding hydrogens is 282 g/mol. The lowest BCUT2D eigenvalue weighted by molar-refractivity contribution is -0.119. The number of nitrogens with two attached hydrogens (primary N) is 2. The number of carbonyl (C=O) groups is 1. The topological polar surface area (TPSA) is 111 Å². The van der Waals surface area contributed by atoms with Gasteiger partial charge in [0.15, 0.2) is 5.82 Å². The maximum Gasteiger partial charge on any atom is 0.240 e. The van der Waals surface area contributed by atoms with E-state index < -0.39 is 5.54 Å². The molecule has 0 unspecified atom stereocenters. The molecule has 0 fully saturated rings. The molecule has 0 spiro atoms. The summed E-state index contributed by atoms with van der Waals surface area (Å²) in [6, 6.07) is 0. The maximum absolute atomic E-state index is 11.0. The Hall–Kier alpha value is -1.18. The average molecular weight is 306 g/mol. The molecule has 20 heavy (non-hydrogen) atoms. The van der Waals surface area contributed by atoms with Crippen LogP contribution < -0.4 is 11.5 Å². The first-order chi connectivity index (χ1) is 8.68. The summed E-state index contributed by atoms with van der Waals surface area (Å²) in [6.07, 6.45) is 0. The molecular formula is C12H24ClN5O2. The van der Waals surface area contributed by atoms with Crippen molar-refractivity contribution in [3.8, 4) is 0 Å². The zero-order chi connectivity index (χ0) is 14.6. The SMILES string of the molecule is CC(C)CN(CC(N)=O)Cc1nc(C(C)(C)N)no1.Cl. The number of amides is 1. The second-order valence-electron chi connectivity index (χ2n) is 5.76. The van der Waals surface area contributed by atoms with Crippen LogP contribution in [0.3, 0.4) is 0 Å². The molecule has 4 N–H and O–H groups in total. The van der Waals surface area contributed by atoms with E-state index in [0.717, 1.165) is 6.54 Å². The first-order valence-electron chi connectivity index (χ1n) is 6.31. The summed E-state index contributed by atoms with van der Waals surface area (Å²) in [6.45, 7) is 9.03. The Labute approximate surface area is 125 Å². The Balaban J connectivity index is 0.00000361. The monoisotopic (exact) mass is 305 g/mol. The quantitative estimate of drug-likeness (QED) is 0.764. The highest BCUT2D eigenvalue weighted by Gasteiger charge is 2.22. The molecule has 1 aromatic heterocycles. The highest BCUT2D eigenvalue weighted by atomic mass is 35.5. The predicted octanol–water partition coefficient (Wildman–Crippen LogP) is 0.629. The van der Waals surface area contributed by atoms with E-state index in [1.807, 2.05) is 4.90 Å². The summed E-state index contributed by atoms with van der Waals surface area (Å²) < 4.78 is 5.15. The number of nitrogens with zero attached hydrogens (tertiary/aromatic N) is 3.